The molecule has 1 aromatic rings. The first-order valence-electron chi connectivity index (χ1n) is 5.92. The highest BCUT2D eigenvalue weighted by Gasteiger charge is 2.20. The van der Waals surface area contributed by atoms with Crippen LogP contribution in [0.5, 0.6) is 5.75 Å². The summed E-state index contributed by atoms with van der Waals surface area (Å²) in [5.74, 6) is 1.29. The highest BCUT2D eigenvalue weighted by atomic mass is 35.5. The standard InChI is InChI=1S/C13H18N2O2.ClH/c1-17-10-5-6-11(14)12(8-10)15-13(16)7-9-3-2-4-9;/h5-6,8-9H,2-4,7,14H2,1H3,(H,15,16);1H. The normalized spacial score (nSPS) is 14.3. The number of hydrogen-bond acceptors (Lipinski definition) is 3. The summed E-state index contributed by atoms with van der Waals surface area (Å²) in [5, 5.41) is 2.84. The largest absolute Gasteiger partial charge is 0.497 e. The molecule has 0 saturated heterocycles. The Labute approximate surface area is 113 Å². The summed E-state index contributed by atoms with van der Waals surface area (Å²) in [5.41, 5.74) is 7.00. The van der Waals surface area contributed by atoms with Gasteiger partial charge in [0.05, 0.1) is 18.5 Å². The maximum absolute atomic E-state index is 11.8. The smallest absolute Gasteiger partial charge is 0.224 e. The van der Waals surface area contributed by atoms with E-state index >= 15 is 0 Å². The molecule has 1 aliphatic carbocycles. The molecule has 0 aliphatic heterocycles. The molecule has 3 N–H and O–H groups in total. The van der Waals surface area contributed by atoms with Crippen molar-refractivity contribution in [1.29, 1.82) is 0 Å². The van der Waals surface area contributed by atoms with Crippen LogP contribution in [0.25, 0.3) is 0 Å². The minimum absolute atomic E-state index is 0. The number of amides is 1. The molecule has 0 bridgehead atoms. The van der Waals surface area contributed by atoms with Crippen LogP contribution < -0.4 is 15.8 Å². The second kappa shape index (κ2) is 6.50. The lowest BCUT2D eigenvalue weighted by Gasteiger charge is -2.24. The minimum Gasteiger partial charge on any atom is -0.497 e. The van der Waals surface area contributed by atoms with Crippen molar-refractivity contribution in [3.05, 3.63) is 18.2 Å². The van der Waals surface area contributed by atoms with Crippen molar-refractivity contribution in [2.75, 3.05) is 18.2 Å². The molecule has 0 atom stereocenters. The van der Waals surface area contributed by atoms with Crippen LogP contribution in [0.1, 0.15) is 25.7 Å². The average molecular weight is 271 g/mol. The SMILES string of the molecule is COc1ccc(N)c(NC(=O)CC2CCC2)c1.Cl. The van der Waals surface area contributed by atoms with E-state index in [1.807, 2.05) is 0 Å². The third-order valence-corrected chi connectivity index (χ3v) is 3.23. The van der Waals surface area contributed by atoms with Crippen molar-refractivity contribution in [2.24, 2.45) is 5.92 Å². The number of anilines is 2. The van der Waals surface area contributed by atoms with Crippen molar-refractivity contribution in [2.45, 2.75) is 25.7 Å². The number of methoxy groups -OCH3 is 1. The van der Waals surface area contributed by atoms with Gasteiger partial charge in [-0.05, 0) is 30.9 Å². The number of hydrogen-bond donors (Lipinski definition) is 2. The van der Waals surface area contributed by atoms with Crippen molar-refractivity contribution in [1.82, 2.24) is 0 Å². The zero-order valence-electron chi connectivity index (χ0n) is 10.4. The maximum atomic E-state index is 11.8. The summed E-state index contributed by atoms with van der Waals surface area (Å²) in [6.45, 7) is 0. The Hall–Kier alpha value is -1.42. The molecule has 0 spiro atoms. The van der Waals surface area contributed by atoms with Crippen molar-refractivity contribution < 1.29 is 9.53 Å². The number of nitrogens with one attached hydrogen (secondary N) is 1. The number of ether oxygens (including phenoxy) is 1. The number of rotatable bonds is 4. The summed E-state index contributed by atoms with van der Waals surface area (Å²) < 4.78 is 5.10. The van der Waals surface area contributed by atoms with Crippen molar-refractivity contribution in [3.8, 4) is 5.75 Å². The van der Waals surface area contributed by atoms with E-state index in [0.717, 1.165) is 0 Å². The molecule has 0 aromatic heterocycles. The van der Waals surface area contributed by atoms with E-state index in [-0.39, 0.29) is 18.3 Å². The van der Waals surface area contributed by atoms with Gasteiger partial charge in [-0.25, -0.2) is 0 Å². The molecule has 0 radical (unpaired) electrons. The topological polar surface area (TPSA) is 64.3 Å². The predicted octanol–water partition coefficient (Wildman–Crippen LogP) is 2.83. The first kappa shape index (κ1) is 14.6. The lowest BCUT2D eigenvalue weighted by atomic mass is 9.83. The Morgan fingerprint density at radius 1 is 1.50 bits per heavy atom. The Kier molecular flexibility index (Phi) is 5.28. The van der Waals surface area contributed by atoms with Gasteiger partial charge < -0.3 is 15.8 Å². The third-order valence-electron chi connectivity index (χ3n) is 3.23. The monoisotopic (exact) mass is 270 g/mol. The third kappa shape index (κ3) is 3.53. The lowest BCUT2D eigenvalue weighted by Crippen LogP contribution is -2.21. The molecule has 2 rings (SSSR count). The van der Waals surface area contributed by atoms with Crippen LogP contribution in [0.15, 0.2) is 18.2 Å². The number of carbonyl (C=O) groups is 1. The molecule has 1 aromatic carbocycles. The molecule has 100 valence electrons. The number of halogens is 1. The second-order valence-corrected chi connectivity index (χ2v) is 4.50. The van der Waals surface area contributed by atoms with Gasteiger partial charge in [0.25, 0.3) is 0 Å². The molecule has 0 unspecified atom stereocenters. The summed E-state index contributed by atoms with van der Waals surface area (Å²) in [7, 11) is 1.59. The van der Waals surface area contributed by atoms with Gasteiger partial charge in [0.15, 0.2) is 0 Å². The second-order valence-electron chi connectivity index (χ2n) is 4.50. The summed E-state index contributed by atoms with van der Waals surface area (Å²) in [6.07, 6.45) is 4.18. The van der Waals surface area contributed by atoms with E-state index in [1.165, 1.54) is 19.3 Å². The molecule has 1 aliphatic rings. The van der Waals surface area contributed by atoms with Gasteiger partial charge >= 0.3 is 0 Å². The van der Waals surface area contributed by atoms with Gasteiger partial charge in [-0.3, -0.25) is 4.79 Å². The molecule has 1 saturated carbocycles. The number of nitrogen functional groups attached to an aromatic ring is 1. The van der Waals surface area contributed by atoms with Gasteiger partial charge in [-0.2, -0.15) is 0 Å². The summed E-state index contributed by atoms with van der Waals surface area (Å²) in [4.78, 5) is 11.8. The van der Waals surface area contributed by atoms with Crippen LogP contribution in [-0.4, -0.2) is 13.0 Å². The number of carbonyl (C=O) groups excluding carboxylic acids is 1. The van der Waals surface area contributed by atoms with E-state index < -0.39 is 0 Å². The molecule has 1 amide bonds. The molecule has 1 fully saturated rings. The first-order valence-corrected chi connectivity index (χ1v) is 5.92. The van der Waals surface area contributed by atoms with Crippen LogP contribution in [0.4, 0.5) is 11.4 Å². The Morgan fingerprint density at radius 3 is 2.78 bits per heavy atom. The lowest BCUT2D eigenvalue weighted by molar-refractivity contribution is -0.117. The van der Waals surface area contributed by atoms with Gasteiger partial charge in [-0.15, -0.1) is 12.4 Å². The average Bonchev–Trinajstić information content (AvgIpc) is 2.27. The number of benzene rings is 1. The summed E-state index contributed by atoms with van der Waals surface area (Å²) in [6, 6.07) is 5.25. The quantitative estimate of drug-likeness (QED) is 0.827. The van der Waals surface area contributed by atoms with Crippen molar-refractivity contribution >= 4 is 29.7 Å². The minimum atomic E-state index is 0. The van der Waals surface area contributed by atoms with E-state index in [1.54, 1.807) is 25.3 Å². The van der Waals surface area contributed by atoms with Crippen molar-refractivity contribution in [3.63, 3.8) is 0 Å². The van der Waals surface area contributed by atoms with E-state index in [2.05, 4.69) is 5.32 Å². The van der Waals surface area contributed by atoms with Crippen LogP contribution in [0.2, 0.25) is 0 Å². The summed E-state index contributed by atoms with van der Waals surface area (Å²) >= 11 is 0. The fourth-order valence-corrected chi connectivity index (χ4v) is 1.93. The maximum Gasteiger partial charge on any atom is 0.224 e. The van der Waals surface area contributed by atoms with E-state index in [0.29, 0.717) is 29.5 Å². The number of nitrogens with two attached hydrogens (primary N) is 1. The molecule has 4 nitrogen and oxygen atoms in total. The highest BCUT2D eigenvalue weighted by molar-refractivity contribution is 5.94. The Morgan fingerprint density at radius 2 is 2.22 bits per heavy atom. The van der Waals surface area contributed by atoms with Crippen LogP contribution in [0.3, 0.4) is 0 Å². The fraction of sp³-hybridized carbons (Fsp3) is 0.462. The van der Waals surface area contributed by atoms with Gasteiger partial charge in [0.2, 0.25) is 5.91 Å². The predicted molar refractivity (Wildman–Crippen MR) is 75.2 cm³/mol. The molecular formula is C13H19ClN2O2. The molecular weight excluding hydrogens is 252 g/mol. The Bertz CT molecular complexity index is 419. The first-order chi connectivity index (χ1) is 8.19. The van der Waals surface area contributed by atoms with Gasteiger partial charge in [-0.1, -0.05) is 6.42 Å². The highest BCUT2D eigenvalue weighted by Crippen LogP contribution is 2.30. The van der Waals surface area contributed by atoms with Crippen LogP contribution >= 0.6 is 12.4 Å². The fourth-order valence-electron chi connectivity index (χ4n) is 1.93. The van der Waals surface area contributed by atoms with Gasteiger partial charge in [0.1, 0.15) is 5.75 Å². The Balaban J connectivity index is 0.00000162. The molecule has 18 heavy (non-hydrogen) atoms. The van der Waals surface area contributed by atoms with Gasteiger partial charge in [0, 0.05) is 12.5 Å². The van der Waals surface area contributed by atoms with Crippen LogP contribution in [0, 0.1) is 5.92 Å². The molecule has 5 heteroatoms. The van der Waals surface area contributed by atoms with E-state index in [4.69, 9.17) is 10.5 Å². The zero-order chi connectivity index (χ0) is 12.3. The van der Waals surface area contributed by atoms with Crippen LogP contribution in [-0.2, 0) is 4.79 Å². The molecule has 0 heterocycles. The zero-order valence-corrected chi connectivity index (χ0v) is 11.3. The van der Waals surface area contributed by atoms with E-state index in [9.17, 15) is 4.79 Å².